The van der Waals surface area contributed by atoms with Crippen LogP contribution in [0.1, 0.15) is 90.4 Å². The summed E-state index contributed by atoms with van der Waals surface area (Å²) in [6.07, 6.45) is 16.7. The Bertz CT molecular complexity index is 705. The standard InChI is InChI=1S/C22H39N2O8P/c1-2-3-4-5-6-7-8-9-10-11-12-13-14-20(25)30-17-22(16-24-22)18-32-33(28,29)31-15-19(23)21(26)27/h15-16H,2-14,17-18,23H2,1H3,(H,26,27)(H,28,29)/b19-15-/t22-/m0/s1. The molecule has 1 aliphatic rings. The van der Waals surface area contributed by atoms with Crippen molar-refractivity contribution >= 4 is 26.0 Å². The van der Waals surface area contributed by atoms with Crippen LogP contribution >= 0.6 is 7.82 Å². The molecule has 2 atom stereocenters. The van der Waals surface area contributed by atoms with Gasteiger partial charge >= 0.3 is 19.8 Å². The van der Waals surface area contributed by atoms with Crippen LogP contribution in [0.15, 0.2) is 17.0 Å². The second kappa shape index (κ2) is 15.9. The van der Waals surface area contributed by atoms with Gasteiger partial charge in [-0.05, 0) is 6.42 Å². The number of aliphatic carboxylic acids is 1. The Hall–Kier alpha value is -1.90. The quantitative estimate of drug-likeness (QED) is 0.0694. The van der Waals surface area contributed by atoms with Crippen molar-refractivity contribution in [1.29, 1.82) is 0 Å². The molecule has 0 spiro atoms. The van der Waals surface area contributed by atoms with Gasteiger partial charge in [0.2, 0.25) is 0 Å². The van der Waals surface area contributed by atoms with Crippen LogP contribution in [-0.2, 0) is 27.9 Å². The van der Waals surface area contributed by atoms with Crippen molar-refractivity contribution < 1.29 is 37.9 Å². The summed E-state index contributed by atoms with van der Waals surface area (Å²) in [7, 11) is -4.57. The highest BCUT2D eigenvalue weighted by molar-refractivity contribution is 7.47. The molecule has 0 aromatic rings. The molecule has 0 saturated carbocycles. The normalized spacial score (nSPS) is 19.2. The molecule has 0 fully saturated rings. The van der Waals surface area contributed by atoms with Gasteiger partial charge in [-0.25, -0.2) is 9.36 Å². The number of carbonyl (C=O) groups is 2. The average molecular weight is 491 g/mol. The third kappa shape index (κ3) is 14.8. The molecule has 0 aromatic carbocycles. The van der Waals surface area contributed by atoms with Gasteiger partial charge in [-0.1, -0.05) is 77.6 Å². The Morgan fingerprint density at radius 2 is 1.52 bits per heavy atom. The summed E-state index contributed by atoms with van der Waals surface area (Å²) in [5.74, 6) is -1.85. The van der Waals surface area contributed by atoms with Crippen molar-refractivity contribution in [2.24, 2.45) is 10.7 Å². The van der Waals surface area contributed by atoms with Crippen molar-refractivity contribution in [3.63, 3.8) is 0 Å². The number of hydrogen-bond acceptors (Lipinski definition) is 8. The molecule has 1 heterocycles. The topological polar surface area (TPSA) is 158 Å². The molecule has 1 aliphatic heterocycles. The number of phosphoric acid groups is 1. The third-order valence-corrected chi connectivity index (χ3v) is 6.08. The predicted octanol–water partition coefficient (Wildman–Crippen LogP) is 4.46. The Labute approximate surface area is 196 Å². The van der Waals surface area contributed by atoms with Gasteiger partial charge in [-0.15, -0.1) is 0 Å². The van der Waals surface area contributed by atoms with Crippen molar-refractivity contribution in [2.45, 2.75) is 95.9 Å². The molecule has 10 nitrogen and oxygen atoms in total. The van der Waals surface area contributed by atoms with Crippen LogP contribution in [0.25, 0.3) is 0 Å². The second-order valence-electron chi connectivity index (χ2n) is 8.39. The van der Waals surface area contributed by atoms with Crippen molar-refractivity contribution in [2.75, 3.05) is 13.2 Å². The molecule has 0 radical (unpaired) electrons. The Kier molecular flexibility index (Phi) is 14.0. The fourth-order valence-corrected chi connectivity index (χ4v) is 3.76. The molecule has 0 amide bonds. The summed E-state index contributed by atoms with van der Waals surface area (Å²) in [4.78, 5) is 36.0. The summed E-state index contributed by atoms with van der Waals surface area (Å²) in [6.45, 7) is 1.77. The summed E-state index contributed by atoms with van der Waals surface area (Å²) in [6, 6.07) is 0. The minimum atomic E-state index is -4.57. The SMILES string of the molecule is CCCCCCCCCCCCCCC(=O)OC[C@]1(COP(=O)(O)O/C=C(\N)C(=O)O)C=N1. The van der Waals surface area contributed by atoms with Gasteiger partial charge in [0.25, 0.3) is 0 Å². The zero-order valence-electron chi connectivity index (χ0n) is 19.6. The molecule has 0 aliphatic carbocycles. The number of rotatable bonds is 21. The van der Waals surface area contributed by atoms with Gasteiger partial charge in [-0.3, -0.25) is 19.2 Å². The van der Waals surface area contributed by atoms with Gasteiger partial charge in [0.05, 0.1) is 6.61 Å². The number of carboxylic acid groups (broad SMARTS) is 1. The predicted molar refractivity (Wildman–Crippen MR) is 125 cm³/mol. The largest absolute Gasteiger partial charge is 0.527 e. The highest BCUT2D eigenvalue weighted by Gasteiger charge is 2.41. The van der Waals surface area contributed by atoms with Crippen LogP contribution in [0.2, 0.25) is 0 Å². The molecular weight excluding hydrogens is 451 g/mol. The molecule has 0 aromatic heterocycles. The van der Waals surface area contributed by atoms with Crippen LogP contribution in [0, 0.1) is 0 Å². The maximum Gasteiger partial charge on any atom is 0.527 e. The van der Waals surface area contributed by atoms with Crippen molar-refractivity contribution in [1.82, 2.24) is 0 Å². The Morgan fingerprint density at radius 3 is 2.00 bits per heavy atom. The Balaban J connectivity index is 2.05. The van der Waals surface area contributed by atoms with E-state index in [1.165, 1.54) is 64.0 Å². The number of unbranched alkanes of at least 4 members (excludes halogenated alkanes) is 11. The zero-order valence-corrected chi connectivity index (χ0v) is 20.5. The van der Waals surface area contributed by atoms with E-state index in [2.05, 4.69) is 16.4 Å². The van der Waals surface area contributed by atoms with Crippen molar-refractivity contribution in [3.05, 3.63) is 12.0 Å². The average Bonchev–Trinajstić information content (AvgIpc) is 3.56. The van der Waals surface area contributed by atoms with Gasteiger partial charge in [0.15, 0.2) is 11.2 Å². The van der Waals surface area contributed by atoms with Crippen LogP contribution in [0.4, 0.5) is 0 Å². The lowest BCUT2D eigenvalue weighted by molar-refractivity contribution is -0.144. The van der Waals surface area contributed by atoms with E-state index in [-0.39, 0.29) is 19.2 Å². The minimum absolute atomic E-state index is 0.100. The van der Waals surface area contributed by atoms with Crippen LogP contribution in [-0.4, -0.2) is 46.9 Å². The molecule has 4 N–H and O–H groups in total. The second-order valence-corrected chi connectivity index (χ2v) is 9.79. The van der Waals surface area contributed by atoms with E-state index < -0.39 is 25.0 Å². The first kappa shape index (κ1) is 29.1. The fourth-order valence-electron chi connectivity index (χ4n) is 3.07. The highest BCUT2D eigenvalue weighted by Crippen LogP contribution is 2.45. The first-order chi connectivity index (χ1) is 15.7. The van der Waals surface area contributed by atoms with Crippen LogP contribution in [0.3, 0.4) is 0 Å². The maximum absolute atomic E-state index is 11.9. The van der Waals surface area contributed by atoms with Gasteiger partial charge in [0.1, 0.15) is 12.9 Å². The molecule has 1 unspecified atom stereocenters. The van der Waals surface area contributed by atoms with E-state index in [0.29, 0.717) is 12.7 Å². The van der Waals surface area contributed by atoms with E-state index >= 15 is 0 Å². The summed E-state index contributed by atoms with van der Waals surface area (Å²) in [5, 5.41) is 8.58. The zero-order chi connectivity index (χ0) is 24.6. The number of nitrogens with two attached hydrogens (primary N) is 1. The highest BCUT2D eigenvalue weighted by atomic mass is 31.2. The summed E-state index contributed by atoms with van der Waals surface area (Å²) in [5.41, 5.74) is 3.33. The number of phosphoric ester groups is 1. The number of ether oxygens (including phenoxy) is 1. The molecule has 1 rings (SSSR count). The lowest BCUT2D eigenvalue weighted by Crippen LogP contribution is -2.29. The summed E-state index contributed by atoms with van der Waals surface area (Å²) < 4.78 is 26.1. The first-order valence-corrected chi connectivity index (χ1v) is 13.3. The molecule has 33 heavy (non-hydrogen) atoms. The lowest BCUT2D eigenvalue weighted by Gasteiger charge is -2.16. The monoisotopic (exact) mass is 490 g/mol. The number of aliphatic imine (C=N–C) groups is 1. The molecule has 190 valence electrons. The molecule has 0 bridgehead atoms. The van der Waals surface area contributed by atoms with Crippen molar-refractivity contribution in [3.8, 4) is 0 Å². The third-order valence-electron chi connectivity index (χ3n) is 5.25. The number of esters is 1. The first-order valence-electron chi connectivity index (χ1n) is 11.8. The van der Waals surface area contributed by atoms with Gasteiger partial charge < -0.3 is 20.1 Å². The summed E-state index contributed by atoms with van der Waals surface area (Å²) >= 11 is 0. The number of carbonyl (C=O) groups excluding carboxylic acids is 1. The number of hydrogen-bond donors (Lipinski definition) is 3. The fraction of sp³-hybridized carbons (Fsp3) is 0.773. The van der Waals surface area contributed by atoms with E-state index in [9.17, 15) is 19.0 Å². The molecule has 0 saturated heterocycles. The van der Waals surface area contributed by atoms with E-state index in [1.54, 1.807) is 0 Å². The minimum Gasteiger partial charge on any atom is -0.476 e. The maximum atomic E-state index is 11.9. The van der Waals surface area contributed by atoms with Gasteiger partial charge in [-0.2, -0.15) is 0 Å². The number of nitrogens with zero attached hydrogens (tertiary/aromatic N) is 1. The number of carboxylic acids is 1. The molecule has 11 heteroatoms. The van der Waals surface area contributed by atoms with Crippen LogP contribution in [0.5, 0.6) is 0 Å². The lowest BCUT2D eigenvalue weighted by atomic mass is 10.0. The molecular formula is C22H39N2O8P. The Morgan fingerprint density at radius 1 is 1.00 bits per heavy atom. The van der Waals surface area contributed by atoms with E-state index in [0.717, 1.165) is 19.3 Å². The smallest absolute Gasteiger partial charge is 0.476 e. The van der Waals surface area contributed by atoms with Gasteiger partial charge in [0, 0.05) is 12.6 Å². The van der Waals surface area contributed by atoms with E-state index in [4.69, 9.17) is 20.1 Å². The van der Waals surface area contributed by atoms with Crippen LogP contribution < -0.4 is 5.73 Å². The van der Waals surface area contributed by atoms with E-state index in [1.807, 2.05) is 0 Å².